The van der Waals surface area contributed by atoms with Crippen molar-refractivity contribution in [3.63, 3.8) is 0 Å². The second-order valence-electron chi connectivity index (χ2n) is 4.48. The van der Waals surface area contributed by atoms with Gasteiger partial charge in [-0.25, -0.2) is 4.79 Å². The summed E-state index contributed by atoms with van der Waals surface area (Å²) in [4.78, 5) is 10.3. The van der Waals surface area contributed by atoms with Gasteiger partial charge >= 0.3 is 6.09 Å². The van der Waals surface area contributed by atoms with Crippen LogP contribution in [0.3, 0.4) is 0 Å². The predicted molar refractivity (Wildman–Crippen MR) is 76.4 cm³/mol. The van der Waals surface area contributed by atoms with Crippen LogP contribution in [-0.2, 0) is 0 Å². The molecule has 3 N–H and O–H groups in total. The highest BCUT2D eigenvalue weighted by atomic mass is 16.4. The lowest BCUT2D eigenvalue weighted by Crippen LogP contribution is -2.31. The van der Waals surface area contributed by atoms with Crippen LogP contribution in [0.4, 0.5) is 4.79 Å². The summed E-state index contributed by atoms with van der Waals surface area (Å²) in [7, 11) is 0. The van der Waals surface area contributed by atoms with Gasteiger partial charge in [-0.3, -0.25) is 0 Å². The van der Waals surface area contributed by atoms with Gasteiger partial charge in [0.1, 0.15) is 0 Å². The van der Waals surface area contributed by atoms with Gasteiger partial charge in [0.15, 0.2) is 0 Å². The zero-order chi connectivity index (χ0) is 13.7. The third kappa shape index (κ3) is 3.45. The van der Waals surface area contributed by atoms with Crippen LogP contribution in [0.5, 0.6) is 0 Å². The van der Waals surface area contributed by atoms with Crippen LogP contribution in [0.25, 0.3) is 10.8 Å². The Kier molecular flexibility index (Phi) is 4.36. The summed E-state index contributed by atoms with van der Waals surface area (Å²) in [5, 5.41) is 16.6. The second-order valence-corrected chi connectivity index (χ2v) is 4.48. The van der Waals surface area contributed by atoms with E-state index in [1.54, 1.807) is 0 Å². The molecule has 0 aliphatic heterocycles. The molecule has 1 amide bonds. The number of benzene rings is 2. The molecule has 4 nitrogen and oxygen atoms in total. The number of carbonyl (C=O) groups is 1. The Morgan fingerprint density at radius 1 is 1.16 bits per heavy atom. The molecule has 0 radical (unpaired) electrons. The monoisotopic (exact) mass is 258 g/mol. The molecule has 0 spiro atoms. The average Bonchev–Trinajstić information content (AvgIpc) is 2.42. The Bertz CT molecular complexity index is 564. The Morgan fingerprint density at radius 3 is 2.68 bits per heavy atom. The van der Waals surface area contributed by atoms with Crippen molar-refractivity contribution in [2.24, 2.45) is 0 Å². The Hall–Kier alpha value is -2.07. The van der Waals surface area contributed by atoms with E-state index in [9.17, 15) is 4.79 Å². The lowest BCUT2D eigenvalue weighted by molar-refractivity contribution is 0.194. The molecule has 0 saturated heterocycles. The number of fused-ring (bicyclic) bond motifs is 1. The van der Waals surface area contributed by atoms with Gasteiger partial charge in [0.2, 0.25) is 0 Å². The van der Waals surface area contributed by atoms with Gasteiger partial charge in [-0.1, -0.05) is 42.5 Å². The van der Waals surface area contributed by atoms with Gasteiger partial charge in [-0.15, -0.1) is 0 Å². The fourth-order valence-corrected chi connectivity index (χ4v) is 2.20. The molecule has 0 heterocycles. The van der Waals surface area contributed by atoms with Crippen molar-refractivity contribution in [3.8, 4) is 0 Å². The van der Waals surface area contributed by atoms with Crippen molar-refractivity contribution in [3.05, 3.63) is 48.0 Å². The molecule has 0 aliphatic rings. The number of nitrogens with one attached hydrogen (secondary N) is 2. The molecule has 2 aromatic carbocycles. The van der Waals surface area contributed by atoms with E-state index in [0.717, 1.165) is 0 Å². The van der Waals surface area contributed by atoms with E-state index in [1.165, 1.54) is 16.3 Å². The average molecular weight is 258 g/mol. The van der Waals surface area contributed by atoms with Gasteiger partial charge in [0.05, 0.1) is 0 Å². The van der Waals surface area contributed by atoms with Crippen LogP contribution in [0.1, 0.15) is 18.5 Å². The summed E-state index contributed by atoms with van der Waals surface area (Å²) in [5.74, 6) is 0. The predicted octanol–water partition coefficient (Wildman–Crippen LogP) is 2.76. The third-order valence-electron chi connectivity index (χ3n) is 3.14. The molecular formula is C15H18N2O2. The normalized spacial score (nSPS) is 12.3. The first-order valence-corrected chi connectivity index (χ1v) is 6.36. The van der Waals surface area contributed by atoms with E-state index in [-0.39, 0.29) is 6.04 Å². The summed E-state index contributed by atoms with van der Waals surface area (Å²) in [6, 6.07) is 14.7. The molecule has 100 valence electrons. The molecule has 2 aromatic rings. The molecule has 2 rings (SSSR count). The highest BCUT2D eigenvalue weighted by molar-refractivity contribution is 5.86. The minimum absolute atomic E-state index is 0.182. The lowest BCUT2D eigenvalue weighted by atomic mass is 10.00. The fraction of sp³-hybridized carbons (Fsp3) is 0.267. The molecule has 0 bridgehead atoms. The van der Waals surface area contributed by atoms with Crippen molar-refractivity contribution < 1.29 is 9.90 Å². The minimum atomic E-state index is -0.986. The molecule has 1 atom stereocenters. The van der Waals surface area contributed by atoms with Crippen LogP contribution < -0.4 is 10.6 Å². The number of hydrogen-bond acceptors (Lipinski definition) is 2. The molecule has 0 saturated carbocycles. The number of amides is 1. The van der Waals surface area contributed by atoms with E-state index in [2.05, 4.69) is 41.8 Å². The molecule has 19 heavy (non-hydrogen) atoms. The van der Waals surface area contributed by atoms with Crippen LogP contribution >= 0.6 is 0 Å². The number of carboxylic acid groups (broad SMARTS) is 1. The SMILES string of the molecule is CC(NCCNC(=O)O)c1cccc2ccccc12. The summed E-state index contributed by atoms with van der Waals surface area (Å²) in [6.07, 6.45) is -0.986. The maximum atomic E-state index is 10.3. The second kappa shape index (κ2) is 6.20. The largest absolute Gasteiger partial charge is 0.465 e. The smallest absolute Gasteiger partial charge is 0.404 e. The quantitative estimate of drug-likeness (QED) is 0.723. The van der Waals surface area contributed by atoms with E-state index in [0.29, 0.717) is 13.1 Å². The van der Waals surface area contributed by atoms with Crippen molar-refractivity contribution in [2.75, 3.05) is 13.1 Å². The minimum Gasteiger partial charge on any atom is -0.465 e. The summed E-state index contributed by atoms with van der Waals surface area (Å²) >= 11 is 0. The van der Waals surface area contributed by atoms with Gasteiger partial charge < -0.3 is 15.7 Å². The van der Waals surface area contributed by atoms with Gasteiger partial charge in [-0.05, 0) is 23.3 Å². The first-order valence-electron chi connectivity index (χ1n) is 6.36. The van der Waals surface area contributed by atoms with E-state index in [4.69, 9.17) is 5.11 Å². The van der Waals surface area contributed by atoms with E-state index in [1.807, 2.05) is 18.2 Å². The molecule has 0 aliphatic carbocycles. The van der Waals surface area contributed by atoms with E-state index < -0.39 is 6.09 Å². The van der Waals surface area contributed by atoms with Crippen LogP contribution in [0, 0.1) is 0 Å². The van der Waals surface area contributed by atoms with Crippen molar-refractivity contribution in [1.29, 1.82) is 0 Å². The van der Waals surface area contributed by atoms with Crippen molar-refractivity contribution in [1.82, 2.24) is 10.6 Å². The summed E-state index contributed by atoms with van der Waals surface area (Å²) in [6.45, 7) is 3.10. The fourth-order valence-electron chi connectivity index (χ4n) is 2.20. The van der Waals surface area contributed by atoms with Crippen LogP contribution in [-0.4, -0.2) is 24.3 Å². The highest BCUT2D eigenvalue weighted by Gasteiger charge is 2.08. The van der Waals surface area contributed by atoms with Crippen LogP contribution in [0.2, 0.25) is 0 Å². The van der Waals surface area contributed by atoms with Crippen molar-refractivity contribution in [2.45, 2.75) is 13.0 Å². The number of rotatable bonds is 5. The van der Waals surface area contributed by atoms with Crippen molar-refractivity contribution >= 4 is 16.9 Å². The first kappa shape index (κ1) is 13.4. The molecule has 4 heteroatoms. The molecule has 1 unspecified atom stereocenters. The maximum Gasteiger partial charge on any atom is 0.404 e. The topological polar surface area (TPSA) is 61.4 Å². The Labute approximate surface area is 112 Å². The van der Waals surface area contributed by atoms with E-state index >= 15 is 0 Å². The number of hydrogen-bond donors (Lipinski definition) is 3. The van der Waals surface area contributed by atoms with Gasteiger partial charge in [-0.2, -0.15) is 0 Å². The standard InChI is InChI=1S/C15H18N2O2/c1-11(16-9-10-17-15(18)19)13-8-4-6-12-5-2-3-7-14(12)13/h2-8,11,16-17H,9-10H2,1H3,(H,18,19). The van der Waals surface area contributed by atoms with Crippen LogP contribution in [0.15, 0.2) is 42.5 Å². The molecular weight excluding hydrogens is 240 g/mol. The summed E-state index contributed by atoms with van der Waals surface area (Å²) in [5.41, 5.74) is 1.23. The Balaban J connectivity index is 2.05. The third-order valence-corrected chi connectivity index (χ3v) is 3.14. The maximum absolute atomic E-state index is 10.3. The van der Waals surface area contributed by atoms with Gasteiger partial charge in [0, 0.05) is 19.1 Å². The molecule has 0 fully saturated rings. The zero-order valence-electron chi connectivity index (χ0n) is 10.9. The summed E-state index contributed by atoms with van der Waals surface area (Å²) < 4.78 is 0. The zero-order valence-corrected chi connectivity index (χ0v) is 10.9. The first-order chi connectivity index (χ1) is 9.18. The highest BCUT2D eigenvalue weighted by Crippen LogP contribution is 2.23. The Morgan fingerprint density at radius 2 is 1.89 bits per heavy atom. The lowest BCUT2D eigenvalue weighted by Gasteiger charge is -2.16. The van der Waals surface area contributed by atoms with Gasteiger partial charge in [0.25, 0.3) is 0 Å². The molecule has 0 aromatic heterocycles.